The standard InChI is InChI=1S/C12H14O4/c1-11-5-3-8(10(15)16)12(11,2)6-4-7(11)9(13)14/h3-4H,5-6H2,1-2H3,(H,13,14)(H,15,16)/t11-,12-/m1/s1. The summed E-state index contributed by atoms with van der Waals surface area (Å²) in [4.78, 5) is 22.3. The first kappa shape index (κ1) is 10.9. The summed E-state index contributed by atoms with van der Waals surface area (Å²) in [5, 5.41) is 18.3. The Hall–Kier alpha value is -1.58. The molecule has 2 atom stereocenters. The Labute approximate surface area is 93.3 Å². The monoisotopic (exact) mass is 222 g/mol. The van der Waals surface area contributed by atoms with Crippen LogP contribution in [0.15, 0.2) is 23.3 Å². The third-order valence-corrected chi connectivity index (χ3v) is 4.30. The zero-order chi connectivity index (χ0) is 12.1. The molecule has 4 nitrogen and oxygen atoms in total. The average Bonchev–Trinajstić information content (AvgIpc) is 2.52. The number of carboxylic acids is 2. The Morgan fingerprint density at radius 1 is 1.00 bits per heavy atom. The number of rotatable bonds is 2. The second-order valence-corrected chi connectivity index (χ2v) is 4.92. The molecule has 0 bridgehead atoms. The fourth-order valence-electron chi connectivity index (χ4n) is 2.97. The zero-order valence-corrected chi connectivity index (χ0v) is 9.28. The van der Waals surface area contributed by atoms with Gasteiger partial charge in [-0.2, -0.15) is 0 Å². The first-order valence-electron chi connectivity index (χ1n) is 5.21. The maximum Gasteiger partial charge on any atom is 0.331 e. The molecule has 0 aromatic rings. The van der Waals surface area contributed by atoms with Crippen LogP contribution in [0.25, 0.3) is 0 Å². The molecule has 16 heavy (non-hydrogen) atoms. The van der Waals surface area contributed by atoms with Gasteiger partial charge in [-0.05, 0) is 12.8 Å². The van der Waals surface area contributed by atoms with E-state index in [0.29, 0.717) is 24.0 Å². The van der Waals surface area contributed by atoms with Gasteiger partial charge in [0.25, 0.3) is 0 Å². The first-order chi connectivity index (χ1) is 7.33. The molecule has 86 valence electrons. The van der Waals surface area contributed by atoms with Crippen molar-refractivity contribution in [3.05, 3.63) is 23.3 Å². The lowest BCUT2D eigenvalue weighted by Crippen LogP contribution is -2.36. The van der Waals surface area contributed by atoms with Gasteiger partial charge in [0.15, 0.2) is 0 Å². The van der Waals surface area contributed by atoms with E-state index >= 15 is 0 Å². The summed E-state index contributed by atoms with van der Waals surface area (Å²) in [7, 11) is 0. The molecule has 0 spiro atoms. The van der Waals surface area contributed by atoms with Crippen LogP contribution in [0.1, 0.15) is 26.7 Å². The molecule has 0 amide bonds. The molecule has 4 heteroatoms. The second-order valence-electron chi connectivity index (χ2n) is 4.92. The van der Waals surface area contributed by atoms with Crippen LogP contribution < -0.4 is 0 Å². The molecule has 0 fully saturated rings. The van der Waals surface area contributed by atoms with Gasteiger partial charge in [0.05, 0.1) is 0 Å². The maximum absolute atomic E-state index is 11.1. The van der Waals surface area contributed by atoms with Gasteiger partial charge >= 0.3 is 11.9 Å². The van der Waals surface area contributed by atoms with Gasteiger partial charge in [-0.25, -0.2) is 9.59 Å². The van der Waals surface area contributed by atoms with E-state index in [2.05, 4.69) is 0 Å². The van der Waals surface area contributed by atoms with Crippen molar-refractivity contribution in [3.63, 3.8) is 0 Å². The van der Waals surface area contributed by atoms with Crippen LogP contribution in [0.4, 0.5) is 0 Å². The molecule has 2 N–H and O–H groups in total. The lowest BCUT2D eigenvalue weighted by atomic mass is 9.64. The van der Waals surface area contributed by atoms with E-state index in [1.807, 2.05) is 13.8 Å². The van der Waals surface area contributed by atoms with E-state index in [1.165, 1.54) is 0 Å². The normalized spacial score (nSPS) is 36.6. The number of carbonyl (C=O) groups is 2. The van der Waals surface area contributed by atoms with E-state index < -0.39 is 22.8 Å². The van der Waals surface area contributed by atoms with Crippen LogP contribution in [0.5, 0.6) is 0 Å². The van der Waals surface area contributed by atoms with E-state index in [-0.39, 0.29) is 0 Å². The molecule has 2 rings (SSSR count). The van der Waals surface area contributed by atoms with E-state index in [4.69, 9.17) is 10.2 Å². The highest BCUT2D eigenvalue weighted by Crippen LogP contribution is 2.62. The van der Waals surface area contributed by atoms with Crippen molar-refractivity contribution in [2.24, 2.45) is 10.8 Å². The highest BCUT2D eigenvalue weighted by atomic mass is 16.4. The van der Waals surface area contributed by atoms with E-state index in [1.54, 1.807) is 12.2 Å². The highest BCUT2D eigenvalue weighted by Gasteiger charge is 2.58. The average molecular weight is 222 g/mol. The Morgan fingerprint density at radius 2 is 1.31 bits per heavy atom. The van der Waals surface area contributed by atoms with Crippen LogP contribution in [-0.2, 0) is 9.59 Å². The molecular formula is C12H14O4. The van der Waals surface area contributed by atoms with E-state index in [9.17, 15) is 9.59 Å². The van der Waals surface area contributed by atoms with Gasteiger partial charge in [-0.15, -0.1) is 0 Å². The second kappa shape index (κ2) is 2.97. The van der Waals surface area contributed by atoms with Gasteiger partial charge in [-0.3, -0.25) is 0 Å². The molecule has 2 aliphatic rings. The molecule has 2 aliphatic carbocycles. The molecule has 0 saturated carbocycles. The van der Waals surface area contributed by atoms with Crippen LogP contribution in [0.2, 0.25) is 0 Å². The third kappa shape index (κ3) is 1.04. The van der Waals surface area contributed by atoms with Crippen LogP contribution >= 0.6 is 0 Å². The number of aliphatic carboxylic acids is 2. The van der Waals surface area contributed by atoms with Crippen molar-refractivity contribution in [1.29, 1.82) is 0 Å². The summed E-state index contributed by atoms with van der Waals surface area (Å²) >= 11 is 0. The molecule has 0 saturated heterocycles. The number of allylic oxidation sites excluding steroid dienone is 2. The van der Waals surface area contributed by atoms with Gasteiger partial charge in [0, 0.05) is 22.0 Å². The van der Waals surface area contributed by atoms with Crippen LogP contribution in [-0.4, -0.2) is 22.2 Å². The third-order valence-electron chi connectivity index (χ3n) is 4.30. The van der Waals surface area contributed by atoms with Gasteiger partial charge < -0.3 is 10.2 Å². The SMILES string of the molecule is C[C@]12CC=C(C(=O)O)[C@@]1(C)CC=C2C(=O)O. The summed E-state index contributed by atoms with van der Waals surface area (Å²) in [5.41, 5.74) is -0.455. The van der Waals surface area contributed by atoms with Crippen LogP contribution in [0.3, 0.4) is 0 Å². The van der Waals surface area contributed by atoms with E-state index in [0.717, 1.165) is 0 Å². The predicted molar refractivity (Wildman–Crippen MR) is 56.9 cm³/mol. The van der Waals surface area contributed by atoms with Gasteiger partial charge in [-0.1, -0.05) is 26.0 Å². The number of hydrogen-bond acceptors (Lipinski definition) is 2. The minimum absolute atomic E-state index is 0.350. The molecular weight excluding hydrogens is 208 g/mol. The van der Waals surface area contributed by atoms with Crippen molar-refractivity contribution < 1.29 is 19.8 Å². The van der Waals surface area contributed by atoms with Gasteiger partial charge in [0.2, 0.25) is 0 Å². The molecule has 0 aliphatic heterocycles. The Balaban J connectivity index is 2.47. The fourth-order valence-corrected chi connectivity index (χ4v) is 2.97. The minimum Gasteiger partial charge on any atom is -0.478 e. The predicted octanol–water partition coefficient (Wildman–Crippen LogP) is 1.83. The number of carboxylic acid groups (broad SMARTS) is 2. The maximum atomic E-state index is 11.1. The van der Waals surface area contributed by atoms with Crippen LogP contribution in [0, 0.1) is 10.8 Å². The number of hydrogen-bond donors (Lipinski definition) is 2. The summed E-state index contributed by atoms with van der Waals surface area (Å²) in [6.45, 7) is 3.68. The van der Waals surface area contributed by atoms with Gasteiger partial charge in [0.1, 0.15) is 0 Å². The summed E-state index contributed by atoms with van der Waals surface area (Å²) in [6.07, 6.45) is 4.31. The highest BCUT2D eigenvalue weighted by molar-refractivity contribution is 5.94. The molecule has 0 heterocycles. The zero-order valence-electron chi connectivity index (χ0n) is 9.28. The Bertz CT molecular complexity index is 404. The topological polar surface area (TPSA) is 74.6 Å². The smallest absolute Gasteiger partial charge is 0.331 e. The Morgan fingerprint density at radius 3 is 1.56 bits per heavy atom. The molecule has 0 aromatic carbocycles. The fraction of sp³-hybridized carbons (Fsp3) is 0.500. The molecule has 0 radical (unpaired) electrons. The lowest BCUT2D eigenvalue weighted by Gasteiger charge is -2.37. The van der Waals surface area contributed by atoms with Crippen molar-refractivity contribution in [3.8, 4) is 0 Å². The summed E-state index contributed by atoms with van der Waals surface area (Å²) in [5.74, 6) is -1.88. The van der Waals surface area contributed by atoms with Crippen molar-refractivity contribution in [2.45, 2.75) is 26.7 Å². The minimum atomic E-state index is -0.939. The number of fused-ring (bicyclic) bond motifs is 1. The quantitative estimate of drug-likeness (QED) is 0.747. The molecule has 0 aromatic heterocycles. The Kier molecular flexibility index (Phi) is 2.02. The first-order valence-corrected chi connectivity index (χ1v) is 5.21. The lowest BCUT2D eigenvalue weighted by molar-refractivity contribution is -0.136. The molecule has 0 unspecified atom stereocenters. The van der Waals surface area contributed by atoms with Crippen molar-refractivity contribution in [1.82, 2.24) is 0 Å². The van der Waals surface area contributed by atoms with Crippen molar-refractivity contribution >= 4 is 11.9 Å². The summed E-state index contributed by atoms with van der Waals surface area (Å²) in [6, 6.07) is 0. The largest absolute Gasteiger partial charge is 0.478 e. The van der Waals surface area contributed by atoms with Crippen molar-refractivity contribution in [2.75, 3.05) is 0 Å². The summed E-state index contributed by atoms with van der Waals surface area (Å²) < 4.78 is 0.